The molecule has 0 aliphatic rings. The number of hydrogen-bond acceptors (Lipinski definition) is 21. The van der Waals surface area contributed by atoms with Crippen LogP contribution in [0.5, 0.6) is 23.0 Å². The molecule has 0 aliphatic heterocycles. The van der Waals surface area contributed by atoms with Crippen LogP contribution < -0.4 is 0 Å². The summed E-state index contributed by atoms with van der Waals surface area (Å²) in [5.41, 5.74) is 22.7. The predicted molar refractivity (Wildman–Crippen MR) is 529 cm³/mol. The van der Waals surface area contributed by atoms with Crippen molar-refractivity contribution < 1.29 is 46.6 Å². The molecule has 16 aromatic carbocycles. The van der Waals surface area contributed by atoms with Crippen LogP contribution in [-0.4, -0.2) is 105 Å². The van der Waals surface area contributed by atoms with Gasteiger partial charge in [0.05, 0.1) is 22.1 Å². The molecule has 0 aliphatic carbocycles. The van der Waals surface area contributed by atoms with Gasteiger partial charge in [-0.3, -0.25) is 19.9 Å². The maximum Gasteiger partial charge on any atom is 0.164 e. The van der Waals surface area contributed by atoms with E-state index in [4.69, 9.17) is 44.9 Å². The van der Waals surface area contributed by atoms with E-state index in [1.165, 1.54) is 16.7 Å². The van der Waals surface area contributed by atoms with E-state index in [1.807, 2.05) is 164 Å². The molecule has 7 aromatic heterocycles. The summed E-state index contributed by atoms with van der Waals surface area (Å²) in [7, 11) is 0. The first-order valence-electron chi connectivity index (χ1n) is 42.8. The summed E-state index contributed by atoms with van der Waals surface area (Å²) in [4.78, 5) is 75.9. The topological polar surface area (TPSA) is 300 Å². The number of benzene rings is 16. The van der Waals surface area contributed by atoms with Gasteiger partial charge in [-0.1, -0.05) is 358 Å². The summed E-state index contributed by atoms with van der Waals surface area (Å²) in [6.45, 7) is 0. The van der Waals surface area contributed by atoms with Gasteiger partial charge >= 0.3 is 0 Å². The number of rotatable bonds is 13. The maximum atomic E-state index is 9.27. The smallest absolute Gasteiger partial charge is 0.164 e. The maximum absolute atomic E-state index is 9.27. The summed E-state index contributed by atoms with van der Waals surface area (Å²) in [5, 5.41) is 37.1. The van der Waals surface area contributed by atoms with Gasteiger partial charge in [-0.05, 0) is 93.0 Å². The van der Waals surface area contributed by atoms with Crippen LogP contribution in [0.25, 0.3) is 191 Å². The molecule has 23 rings (SSSR count). The first-order chi connectivity index (χ1) is 66.1. The van der Waals surface area contributed by atoms with Crippen LogP contribution in [0.2, 0.25) is 0 Å². The molecule has 0 bridgehead atoms. The van der Waals surface area contributed by atoms with Crippen molar-refractivity contribution >= 4 is 44.1 Å². The van der Waals surface area contributed by atoms with E-state index in [0.717, 1.165) is 77.9 Å². The molecular weight excluding hydrogens is 1750 g/mol. The minimum atomic E-state index is 0. The van der Waals surface area contributed by atoms with Gasteiger partial charge in [0, 0.05) is 126 Å². The molecular formula is C113H79N17O4Zr. The zero-order valence-electron chi connectivity index (χ0n) is 72.2. The quantitative estimate of drug-likeness (QED) is 0.0833. The van der Waals surface area contributed by atoms with Crippen molar-refractivity contribution in [2.45, 2.75) is 0 Å². The van der Waals surface area contributed by atoms with Crippen LogP contribution in [0.3, 0.4) is 0 Å². The monoisotopic (exact) mass is 1830 g/mol. The number of phenolic OH excluding ortho intramolecular Hbond substituents is 4. The molecule has 0 saturated carbocycles. The molecule has 4 N–H and O–H groups in total. The number of aromatic nitrogens is 17. The number of phenols is 4. The van der Waals surface area contributed by atoms with Gasteiger partial charge in [0.25, 0.3) is 0 Å². The van der Waals surface area contributed by atoms with E-state index in [1.54, 1.807) is 98.1 Å². The van der Waals surface area contributed by atoms with Crippen LogP contribution in [0.4, 0.5) is 0 Å². The Labute approximate surface area is 795 Å². The van der Waals surface area contributed by atoms with Crippen molar-refractivity contribution in [2.75, 3.05) is 0 Å². The van der Waals surface area contributed by atoms with E-state index in [0.29, 0.717) is 96.6 Å². The number of nitrogens with zero attached hydrogens (tertiary/aromatic N) is 17. The first kappa shape index (κ1) is 89.0. The van der Waals surface area contributed by atoms with Gasteiger partial charge in [0.15, 0.2) is 52.4 Å². The zero-order valence-corrected chi connectivity index (χ0v) is 74.7. The summed E-state index contributed by atoms with van der Waals surface area (Å²) in [6, 6.07) is 134. The van der Waals surface area contributed by atoms with Crippen molar-refractivity contribution in [1.82, 2.24) is 84.7 Å². The molecule has 0 saturated heterocycles. The van der Waals surface area contributed by atoms with E-state index < -0.39 is 0 Å². The van der Waals surface area contributed by atoms with Gasteiger partial charge in [0.1, 0.15) is 45.1 Å². The van der Waals surface area contributed by atoms with Gasteiger partial charge < -0.3 is 20.4 Å². The molecule has 0 spiro atoms. The zero-order chi connectivity index (χ0) is 91.0. The fourth-order valence-corrected chi connectivity index (χ4v) is 14.5. The Kier molecular flexibility index (Phi) is 28.6. The Hall–Kier alpha value is -18.0. The molecule has 0 atom stereocenters. The predicted octanol–water partition coefficient (Wildman–Crippen LogP) is 24.9. The molecule has 0 radical (unpaired) electrons. The van der Waals surface area contributed by atoms with Crippen LogP contribution >= 0.6 is 0 Å². The van der Waals surface area contributed by atoms with E-state index in [9.17, 15) is 20.4 Å². The normalized spacial score (nSPS) is 10.6. The Bertz CT molecular complexity index is 7020. The Morgan fingerprint density at radius 2 is 0.244 bits per heavy atom. The van der Waals surface area contributed by atoms with E-state index in [-0.39, 0.29) is 49.2 Å². The van der Waals surface area contributed by atoms with Crippen LogP contribution in [0, 0.1) is 0 Å². The number of aromatic hydroxyl groups is 4. The van der Waals surface area contributed by atoms with Crippen molar-refractivity contribution in [3.63, 3.8) is 0 Å². The third kappa shape index (κ3) is 22.3. The molecule has 7 heterocycles. The van der Waals surface area contributed by atoms with Gasteiger partial charge in [-0.2, -0.15) is 0 Å². The number of fused-ring (bicyclic) bond motifs is 4. The fraction of sp³-hybridized carbons (Fsp3) is 0. The summed E-state index contributed by atoms with van der Waals surface area (Å²) >= 11 is 0. The molecule has 23 aromatic rings. The Morgan fingerprint density at radius 1 is 0.119 bits per heavy atom. The summed E-state index contributed by atoms with van der Waals surface area (Å²) in [6.07, 6.45) is 12.6. The fourth-order valence-electron chi connectivity index (χ4n) is 14.5. The first-order valence-corrected chi connectivity index (χ1v) is 42.8. The number of para-hydroxylation sites is 4. The SMILES string of the molecule is Oc1cccc2nccnc12.Oc1cccc2nccnc12.Oc1cccc2nccnc12.Oc1cccc2nccnc12.[Zr].c1ccc(-c2ccc(-c3nc(-c4ccc(-c5ccccc5)cc4)nc(-c4ccc(-c5ccccc5)cc4)n3)cc2)cc1.c1ccc(-c2nc(-c3ccccc3)nc(-c3ccc(-c4ccc(-c5nc(-c6ccccc6)nc(-c6ccccc6)n5)cc4)cc3)n2)cc1. The third-order valence-electron chi connectivity index (χ3n) is 21.3. The van der Waals surface area contributed by atoms with Crippen LogP contribution in [0.15, 0.2) is 456 Å². The second-order valence-electron chi connectivity index (χ2n) is 30.2. The van der Waals surface area contributed by atoms with E-state index >= 15 is 0 Å². The Morgan fingerprint density at radius 3 is 0.400 bits per heavy atom. The van der Waals surface area contributed by atoms with Gasteiger partial charge in [-0.25, -0.2) is 64.8 Å². The average molecular weight is 1830 g/mol. The molecule has 22 heteroatoms. The molecule has 644 valence electrons. The van der Waals surface area contributed by atoms with E-state index in [2.05, 4.69) is 234 Å². The third-order valence-corrected chi connectivity index (χ3v) is 21.3. The van der Waals surface area contributed by atoms with Crippen molar-refractivity contribution in [1.29, 1.82) is 0 Å². The van der Waals surface area contributed by atoms with Crippen molar-refractivity contribution in [3.8, 4) is 170 Å². The second kappa shape index (κ2) is 43.4. The van der Waals surface area contributed by atoms with Crippen LogP contribution in [0.1, 0.15) is 0 Å². The largest absolute Gasteiger partial charge is 0.506 e. The molecule has 0 amide bonds. The second-order valence-corrected chi connectivity index (χ2v) is 30.2. The Balaban J connectivity index is 0.000000129. The van der Waals surface area contributed by atoms with Crippen molar-refractivity contribution in [3.05, 3.63) is 456 Å². The summed E-state index contributed by atoms with van der Waals surface area (Å²) < 4.78 is 0. The molecule has 0 fully saturated rings. The minimum Gasteiger partial charge on any atom is -0.506 e. The molecule has 21 nitrogen and oxygen atoms in total. The van der Waals surface area contributed by atoms with Gasteiger partial charge in [-0.15, -0.1) is 0 Å². The van der Waals surface area contributed by atoms with Crippen molar-refractivity contribution in [2.24, 2.45) is 0 Å². The minimum absolute atomic E-state index is 0. The summed E-state index contributed by atoms with van der Waals surface area (Å²) in [5.74, 6) is 6.47. The molecule has 0 unspecified atom stereocenters. The van der Waals surface area contributed by atoms with Gasteiger partial charge in [0.2, 0.25) is 0 Å². The average Bonchev–Trinajstić information content (AvgIpc) is 0.789. The number of hydrogen-bond donors (Lipinski definition) is 4. The standard InChI is InChI=1S/C42H28N6.C39H27N3.4C8H6N2O.Zr/c1-5-13-31(14-6-1)37-43-38(32-15-7-2-8-16-32)46-41(45-37)35-25-21-29(22-26-35)30-23-27-36(28-24-30)42-47-39(33-17-9-3-10-18-33)44-40(48-42)34-19-11-4-12-20-34;1-4-10-28(11-5-1)31-16-22-34(23-17-31)37-40-38(35-24-18-32(19-25-35)29-12-6-2-7-13-29)42-39(41-37)36-26-20-33(21-27-36)30-14-8-3-9-15-30;4*11-7-3-1-2-6-8(7)10-5-4-9-6;/h1-28H;1-27H;4*1-5,11H;. The molecule has 135 heavy (non-hydrogen) atoms. The van der Waals surface area contributed by atoms with Crippen LogP contribution in [-0.2, 0) is 26.2 Å².